The number of fused-ring (bicyclic) bond motifs is 2. The minimum Gasteiger partial charge on any atom is -0.497 e. The Bertz CT molecular complexity index is 1340. The van der Waals surface area contributed by atoms with Gasteiger partial charge in [0.2, 0.25) is 0 Å². The number of hydrogen-bond donors (Lipinski definition) is 0. The molecule has 3 heterocycles. The Morgan fingerprint density at radius 1 is 0.789 bits per heavy atom. The molecule has 0 aliphatic carbocycles. The van der Waals surface area contributed by atoms with E-state index >= 15 is 0 Å². The van der Waals surface area contributed by atoms with Crippen LogP contribution in [0, 0.1) is 20.8 Å². The molecular weight excluding hydrogens is 470 g/mol. The predicted molar refractivity (Wildman–Crippen MR) is 156 cm³/mol. The molecule has 200 valence electrons. The molecule has 1 unspecified atom stereocenters. The third-order valence-electron chi connectivity index (χ3n) is 9.12. The highest BCUT2D eigenvalue weighted by Gasteiger charge is 2.48. The zero-order chi connectivity index (χ0) is 26.6. The summed E-state index contributed by atoms with van der Waals surface area (Å²) in [7, 11) is 1.72. The zero-order valence-electron chi connectivity index (χ0n) is 23.8. The van der Waals surface area contributed by atoms with Crippen LogP contribution in [0.5, 0.6) is 11.5 Å². The Hall–Kier alpha value is -3.18. The van der Waals surface area contributed by atoms with Gasteiger partial charge in [0, 0.05) is 56.2 Å². The minimum atomic E-state index is -0.276. The lowest BCUT2D eigenvalue weighted by molar-refractivity contribution is 0.0214. The summed E-state index contributed by atoms with van der Waals surface area (Å²) in [5.74, 6) is 2.03. The van der Waals surface area contributed by atoms with Gasteiger partial charge in [0.25, 0.3) is 0 Å². The summed E-state index contributed by atoms with van der Waals surface area (Å²) in [6, 6.07) is 17.6. The summed E-state index contributed by atoms with van der Waals surface area (Å²) in [5.41, 5.74) is 10.8. The van der Waals surface area contributed by atoms with Crippen LogP contribution in [0.4, 0.5) is 11.4 Å². The number of nitrogens with zero attached hydrogens (tertiary/aromatic N) is 3. The molecular formula is C33H41N3O2. The number of piperazine rings is 1. The van der Waals surface area contributed by atoms with E-state index in [9.17, 15) is 0 Å². The third kappa shape index (κ3) is 4.12. The molecule has 3 aliphatic rings. The topological polar surface area (TPSA) is 28.2 Å². The molecule has 38 heavy (non-hydrogen) atoms. The van der Waals surface area contributed by atoms with Crippen molar-refractivity contribution in [3.8, 4) is 11.5 Å². The second kappa shape index (κ2) is 9.53. The fourth-order valence-electron chi connectivity index (χ4n) is 7.07. The summed E-state index contributed by atoms with van der Waals surface area (Å²) in [6.07, 6.45) is 1.10. The predicted octanol–water partition coefficient (Wildman–Crippen LogP) is 6.22. The first-order valence-electron chi connectivity index (χ1n) is 14.1. The molecule has 0 amide bonds. The van der Waals surface area contributed by atoms with Crippen molar-refractivity contribution in [3.63, 3.8) is 0 Å². The van der Waals surface area contributed by atoms with E-state index in [1.54, 1.807) is 7.11 Å². The molecule has 0 radical (unpaired) electrons. The van der Waals surface area contributed by atoms with E-state index in [2.05, 4.69) is 97.8 Å². The van der Waals surface area contributed by atoms with Crippen molar-refractivity contribution in [1.29, 1.82) is 0 Å². The Morgan fingerprint density at radius 2 is 1.45 bits per heavy atom. The molecule has 3 aromatic rings. The second-order valence-electron chi connectivity index (χ2n) is 11.7. The standard InChI is InChI=1S/C33H41N3O2/c1-22-23(2)31-29(32(33(4,5)38-31)36-16-15-25-9-7-8-10-26(25)21-36)24(3)30(22)35-19-17-34(18-20-35)27-11-13-28(37-6)14-12-27/h7-14,32H,15-21H2,1-6H3. The van der Waals surface area contributed by atoms with Gasteiger partial charge in [-0.3, -0.25) is 4.90 Å². The fraction of sp³-hybridized carbons (Fsp3) is 0.455. The lowest BCUT2D eigenvalue weighted by atomic mass is 9.85. The smallest absolute Gasteiger partial charge is 0.128 e. The maximum atomic E-state index is 6.80. The number of methoxy groups -OCH3 is 1. The zero-order valence-corrected chi connectivity index (χ0v) is 23.8. The lowest BCUT2D eigenvalue weighted by Crippen LogP contribution is -2.47. The van der Waals surface area contributed by atoms with Crippen LogP contribution in [0.25, 0.3) is 0 Å². The number of hydrogen-bond acceptors (Lipinski definition) is 5. The average Bonchev–Trinajstić information content (AvgIpc) is 3.23. The number of rotatable bonds is 4. The van der Waals surface area contributed by atoms with Crippen LogP contribution in [0.2, 0.25) is 0 Å². The van der Waals surface area contributed by atoms with Crippen LogP contribution in [0.15, 0.2) is 48.5 Å². The summed E-state index contributed by atoms with van der Waals surface area (Å²) < 4.78 is 12.1. The Kier molecular flexibility index (Phi) is 6.30. The maximum absolute atomic E-state index is 6.80. The average molecular weight is 512 g/mol. The van der Waals surface area contributed by atoms with Gasteiger partial charge in [0.15, 0.2) is 0 Å². The molecule has 0 N–H and O–H groups in total. The molecule has 1 fully saturated rings. The van der Waals surface area contributed by atoms with Crippen molar-refractivity contribution < 1.29 is 9.47 Å². The van der Waals surface area contributed by atoms with Crippen LogP contribution in [-0.4, -0.2) is 50.3 Å². The van der Waals surface area contributed by atoms with Crippen molar-refractivity contribution in [2.75, 3.05) is 49.6 Å². The molecule has 0 saturated carbocycles. The first kappa shape index (κ1) is 25.1. The molecule has 0 aromatic heterocycles. The van der Waals surface area contributed by atoms with Gasteiger partial charge in [0.1, 0.15) is 17.1 Å². The molecule has 3 aliphatic heterocycles. The lowest BCUT2D eigenvalue weighted by Gasteiger charge is -2.41. The van der Waals surface area contributed by atoms with Crippen molar-refractivity contribution >= 4 is 11.4 Å². The Labute approximate surface area is 228 Å². The van der Waals surface area contributed by atoms with Crippen LogP contribution in [0.1, 0.15) is 53.3 Å². The summed E-state index contributed by atoms with van der Waals surface area (Å²) in [6.45, 7) is 17.5. The highest BCUT2D eigenvalue weighted by atomic mass is 16.5. The van der Waals surface area contributed by atoms with E-state index in [4.69, 9.17) is 9.47 Å². The molecule has 6 rings (SSSR count). The molecule has 5 nitrogen and oxygen atoms in total. The van der Waals surface area contributed by atoms with E-state index in [1.165, 1.54) is 44.8 Å². The summed E-state index contributed by atoms with van der Waals surface area (Å²) in [4.78, 5) is 7.77. The van der Waals surface area contributed by atoms with Crippen LogP contribution in [-0.2, 0) is 13.0 Å². The molecule has 0 spiro atoms. The normalized spacial score (nSPS) is 20.6. The van der Waals surface area contributed by atoms with E-state index in [-0.39, 0.29) is 11.6 Å². The quantitative estimate of drug-likeness (QED) is 0.415. The Morgan fingerprint density at radius 3 is 2.13 bits per heavy atom. The van der Waals surface area contributed by atoms with Gasteiger partial charge in [-0.05, 0) is 93.1 Å². The molecule has 1 atom stereocenters. The maximum Gasteiger partial charge on any atom is 0.128 e. The summed E-state index contributed by atoms with van der Waals surface area (Å²) in [5, 5.41) is 0. The second-order valence-corrected chi connectivity index (χ2v) is 11.7. The summed E-state index contributed by atoms with van der Waals surface area (Å²) >= 11 is 0. The number of ether oxygens (including phenoxy) is 2. The molecule has 0 bridgehead atoms. The highest BCUT2D eigenvalue weighted by Crippen LogP contribution is 2.53. The van der Waals surface area contributed by atoms with Gasteiger partial charge in [0.05, 0.1) is 13.2 Å². The van der Waals surface area contributed by atoms with Gasteiger partial charge in [-0.25, -0.2) is 0 Å². The first-order valence-corrected chi connectivity index (χ1v) is 14.1. The van der Waals surface area contributed by atoms with E-state index in [0.29, 0.717) is 0 Å². The van der Waals surface area contributed by atoms with E-state index < -0.39 is 0 Å². The van der Waals surface area contributed by atoms with Crippen LogP contribution in [0.3, 0.4) is 0 Å². The molecule has 5 heteroatoms. The SMILES string of the molecule is COc1ccc(N2CCN(c3c(C)c(C)c4c(c3C)C(N3CCc5ccccc5C3)C(C)(C)O4)CC2)cc1. The monoisotopic (exact) mass is 511 g/mol. The van der Waals surface area contributed by atoms with Gasteiger partial charge in [-0.2, -0.15) is 0 Å². The Balaban J connectivity index is 1.31. The van der Waals surface area contributed by atoms with Crippen molar-refractivity contribution in [1.82, 2.24) is 4.90 Å². The van der Waals surface area contributed by atoms with Crippen molar-refractivity contribution in [3.05, 3.63) is 81.9 Å². The largest absolute Gasteiger partial charge is 0.497 e. The van der Waals surface area contributed by atoms with E-state index in [1.807, 2.05) is 0 Å². The fourth-order valence-corrected chi connectivity index (χ4v) is 7.07. The molecule has 1 saturated heterocycles. The van der Waals surface area contributed by atoms with E-state index in [0.717, 1.165) is 57.2 Å². The van der Waals surface area contributed by atoms with Gasteiger partial charge in [-0.1, -0.05) is 24.3 Å². The van der Waals surface area contributed by atoms with Crippen molar-refractivity contribution in [2.24, 2.45) is 0 Å². The highest BCUT2D eigenvalue weighted by molar-refractivity contribution is 5.71. The van der Waals surface area contributed by atoms with Crippen LogP contribution < -0.4 is 19.3 Å². The minimum absolute atomic E-state index is 0.240. The number of anilines is 2. The van der Waals surface area contributed by atoms with Gasteiger partial charge in [-0.15, -0.1) is 0 Å². The third-order valence-corrected chi connectivity index (χ3v) is 9.12. The number of benzene rings is 3. The van der Waals surface area contributed by atoms with Gasteiger partial charge < -0.3 is 19.3 Å². The van der Waals surface area contributed by atoms with Crippen LogP contribution >= 0.6 is 0 Å². The first-order chi connectivity index (χ1) is 18.3. The molecule has 3 aromatic carbocycles. The van der Waals surface area contributed by atoms with Crippen molar-refractivity contribution in [2.45, 2.75) is 59.2 Å². The van der Waals surface area contributed by atoms with Gasteiger partial charge >= 0.3 is 0 Å².